The number of halogens is 1. The number of aliphatic hydroxyl groups excluding tert-OH is 1. The van der Waals surface area contributed by atoms with E-state index in [0.29, 0.717) is 71.9 Å². The van der Waals surface area contributed by atoms with Crippen molar-refractivity contribution in [2.45, 2.75) is 63.2 Å². The van der Waals surface area contributed by atoms with Crippen LogP contribution < -0.4 is 16.4 Å². The number of H-pyrrole nitrogens is 6. The molecule has 21 heteroatoms. The van der Waals surface area contributed by atoms with Crippen LogP contribution in [-0.4, -0.2) is 99.9 Å². The maximum Gasteiger partial charge on any atom is 0.331 e. The van der Waals surface area contributed by atoms with Crippen molar-refractivity contribution in [3.05, 3.63) is 427 Å². The van der Waals surface area contributed by atoms with Gasteiger partial charge < -0.3 is 60.9 Å². The van der Waals surface area contributed by atoms with E-state index in [0.717, 1.165) is 129 Å². The number of rotatable bonds is 24. The lowest BCUT2D eigenvalue weighted by Crippen LogP contribution is -2.13. The number of esters is 2. The molecule has 4 unspecified atom stereocenters. The zero-order valence-electron chi connectivity index (χ0n) is 70.2. The van der Waals surface area contributed by atoms with E-state index >= 15 is 0 Å². The Balaban J connectivity index is 0.000000139. The summed E-state index contributed by atoms with van der Waals surface area (Å²) in [5, 5.41) is 21.4. The van der Waals surface area contributed by atoms with Crippen LogP contribution in [0.1, 0.15) is 129 Å². The highest BCUT2D eigenvalue weighted by Gasteiger charge is 2.23. The molecular formula is C105H95BrN14O6. The highest BCUT2D eigenvalue weighted by molar-refractivity contribution is 9.10. The number of nitrogens with zero attached hydrogens (tertiary/aromatic N) is 5. The maximum atomic E-state index is 12.0. The number of fused-ring (bicyclic) bond motifs is 6. The molecule has 0 spiro atoms. The number of primary amides is 1. The van der Waals surface area contributed by atoms with E-state index in [1.165, 1.54) is 33.9 Å². The fraction of sp³-hybridized carbons (Fsp3) is 0.162. The first kappa shape index (κ1) is 89.9. The molecule has 20 nitrogen and oxygen atoms in total. The van der Waals surface area contributed by atoms with Crippen LogP contribution in [0, 0.1) is 32.9 Å². The van der Waals surface area contributed by atoms with Crippen LogP contribution in [0.15, 0.2) is 309 Å². The molecule has 0 saturated carbocycles. The van der Waals surface area contributed by atoms with Crippen LogP contribution in [0.5, 0.6) is 0 Å². The Bertz CT molecular complexity index is 6790. The SMILES string of the molecule is CNCCC(c1ccccc1)c1ccc2c(C(N)=O)c[nH]c2c1.[C-]#[N+]c1c[nH]c2cc(Br)ccc12.[C-]#[N+]c1c[nH]c2cc(C(=CC(=O)OCC)c3ccccc3)ccc12.[C-]#[N+]c1c[nH]c2cc(C(CC(=O)OCC)c3ccccc3)ccc12.[C-]#[N+]c1c[nH]c2cc(C(CCNC)c3ccccc3)ccc12.[C-]#[N+]c1c[nH]c2cc(C(CCO)c3ccccc3)ccc12. The summed E-state index contributed by atoms with van der Waals surface area (Å²) in [4.78, 5) is 71.7. The normalized spacial score (nSPS) is 11.8. The van der Waals surface area contributed by atoms with Gasteiger partial charge in [0.15, 0.2) is 0 Å². The van der Waals surface area contributed by atoms with Crippen molar-refractivity contribution in [2.75, 3.05) is 47.0 Å². The number of carbonyl (C=O) groups excluding carboxylic acids is 3. The number of benzene rings is 11. The minimum absolute atomic E-state index is 0.0747. The Morgan fingerprint density at radius 3 is 1.09 bits per heavy atom. The largest absolute Gasteiger partial charge is 0.466 e. The molecule has 0 aliphatic carbocycles. The Morgan fingerprint density at radius 1 is 0.389 bits per heavy atom. The van der Waals surface area contributed by atoms with Gasteiger partial charge in [-0.2, -0.15) is 0 Å². The number of aromatic nitrogens is 6. The number of nitrogens with one attached hydrogen (secondary N) is 8. The van der Waals surface area contributed by atoms with E-state index in [1.54, 1.807) is 44.1 Å². The predicted molar refractivity (Wildman–Crippen MR) is 511 cm³/mol. The first-order valence-corrected chi connectivity index (χ1v) is 42.1. The first-order valence-electron chi connectivity index (χ1n) is 41.3. The quantitative estimate of drug-likeness (QED) is 0.0158. The molecule has 0 saturated heterocycles. The molecule has 6 aromatic heterocycles. The Kier molecular flexibility index (Phi) is 32.1. The van der Waals surface area contributed by atoms with Crippen molar-refractivity contribution in [3.63, 3.8) is 0 Å². The molecule has 1 amide bonds. The lowest BCUT2D eigenvalue weighted by molar-refractivity contribution is -0.143. The van der Waals surface area contributed by atoms with Crippen molar-refractivity contribution in [1.29, 1.82) is 0 Å². The van der Waals surface area contributed by atoms with Crippen LogP contribution in [0.3, 0.4) is 0 Å². The summed E-state index contributed by atoms with van der Waals surface area (Å²) in [6, 6.07) is 87.2. The summed E-state index contributed by atoms with van der Waals surface area (Å²) in [6.45, 7) is 42.0. The molecule has 0 radical (unpaired) electrons. The molecule has 4 atom stereocenters. The Labute approximate surface area is 740 Å². The number of hydrogen-bond donors (Lipinski definition) is 10. The molecule has 0 aliphatic rings. The second kappa shape index (κ2) is 45.0. The molecule has 17 aromatic rings. The van der Waals surface area contributed by atoms with Crippen LogP contribution >= 0.6 is 15.9 Å². The van der Waals surface area contributed by atoms with Gasteiger partial charge in [0.25, 0.3) is 5.91 Å². The van der Waals surface area contributed by atoms with Crippen LogP contribution in [0.4, 0.5) is 28.4 Å². The molecule has 0 fully saturated rings. The van der Waals surface area contributed by atoms with Crippen molar-refractivity contribution < 1.29 is 29.0 Å². The number of carbonyl (C=O) groups is 3. The second-order valence-electron chi connectivity index (χ2n) is 29.5. The number of hydrogen-bond acceptors (Lipinski definition) is 8. The summed E-state index contributed by atoms with van der Waals surface area (Å²) in [5.74, 6) is -0.218. The van der Waals surface area contributed by atoms with Gasteiger partial charge in [-0.25, -0.2) is 29.0 Å². The van der Waals surface area contributed by atoms with Gasteiger partial charge in [0.1, 0.15) is 0 Å². The van der Waals surface area contributed by atoms with E-state index in [-0.39, 0.29) is 30.4 Å². The molecule has 0 aliphatic heterocycles. The topological polar surface area (TPSA) is 257 Å². The third kappa shape index (κ3) is 22.7. The Hall–Kier alpha value is -15.4. The average Bonchev–Trinajstić information content (AvgIpc) is 1.39. The van der Waals surface area contributed by atoms with Crippen molar-refractivity contribution in [3.8, 4) is 0 Å². The predicted octanol–water partition coefficient (Wildman–Crippen LogP) is 24.7. The summed E-state index contributed by atoms with van der Waals surface area (Å²) in [7, 11) is 3.95. The molecule has 628 valence electrons. The van der Waals surface area contributed by atoms with Gasteiger partial charge in [-0.05, 0) is 164 Å². The molecule has 0 bridgehead atoms. The lowest BCUT2D eigenvalue weighted by atomic mass is 9.88. The lowest BCUT2D eigenvalue weighted by Gasteiger charge is -2.18. The summed E-state index contributed by atoms with van der Waals surface area (Å²) >= 11 is 3.37. The van der Waals surface area contributed by atoms with E-state index in [1.807, 2.05) is 173 Å². The van der Waals surface area contributed by atoms with Crippen molar-refractivity contribution in [2.24, 2.45) is 5.73 Å². The molecule has 126 heavy (non-hydrogen) atoms. The van der Waals surface area contributed by atoms with Crippen molar-refractivity contribution >= 4 is 133 Å². The summed E-state index contributed by atoms with van der Waals surface area (Å²) in [5.41, 5.74) is 27.1. The number of nitrogens with two attached hydrogens (primary N) is 1. The van der Waals surface area contributed by atoms with E-state index < -0.39 is 5.91 Å². The highest BCUT2D eigenvalue weighted by Crippen LogP contribution is 2.39. The van der Waals surface area contributed by atoms with Crippen molar-refractivity contribution in [1.82, 2.24) is 40.5 Å². The first-order chi connectivity index (χ1) is 61.6. The van der Waals surface area contributed by atoms with E-state index in [2.05, 4.69) is 190 Å². The third-order valence-corrected chi connectivity index (χ3v) is 22.2. The minimum Gasteiger partial charge on any atom is -0.466 e. The molecule has 6 heterocycles. The maximum absolute atomic E-state index is 12.0. The third-order valence-electron chi connectivity index (χ3n) is 21.7. The van der Waals surface area contributed by atoms with Crippen LogP contribution in [0.25, 0.3) is 95.2 Å². The van der Waals surface area contributed by atoms with Crippen LogP contribution in [0.2, 0.25) is 0 Å². The summed E-state index contributed by atoms with van der Waals surface area (Å²) in [6.07, 6.45) is 14.9. The van der Waals surface area contributed by atoms with Crippen LogP contribution in [-0.2, 0) is 19.1 Å². The fourth-order valence-electron chi connectivity index (χ4n) is 15.5. The van der Waals surface area contributed by atoms with Gasteiger partial charge in [0.2, 0.25) is 28.4 Å². The highest BCUT2D eigenvalue weighted by atomic mass is 79.9. The minimum atomic E-state index is -0.404. The van der Waals surface area contributed by atoms with E-state index in [4.69, 9.17) is 48.1 Å². The second-order valence-corrected chi connectivity index (χ2v) is 30.4. The average molecular weight is 1730 g/mol. The van der Waals surface area contributed by atoms with Gasteiger partial charge in [-0.15, -0.1) is 0 Å². The van der Waals surface area contributed by atoms with Gasteiger partial charge in [-0.3, -0.25) is 9.59 Å². The molecular weight excluding hydrogens is 1630 g/mol. The van der Waals surface area contributed by atoms with Gasteiger partial charge in [0, 0.05) is 143 Å². The standard InChI is InChI=1S/C20H18N2O2.C20H16N2O2.C19H21N3O.C19H19N3.C18H16N2O.C9H5BrN2/c2*1-3-24-20(23)12-17(14-7-5-4-6-8-14)15-9-10-16-18(11-15)22-13-19(16)21-2;1-21-10-9-15(13-5-3-2-4-6-13)14-7-8-16-17(19(20)23)12-22-18(16)11-14;1-20-11-10-16(14-6-4-3-5-7-14)15-8-9-17-18(12-15)22-13-19(17)21-2;1-19-18-12-20-17-11-14(7-8-16(17)18)15(9-10-21)13-5-3-2-4-6-13;1-11-9-5-12-8-4-6(10)2-3-7(8)9/h4-11,13,17,22H,3,12H2,1H3;4-13,22H,3H2,1H3;2-8,11-12,15,21-22H,9-10H2,1H3,(H2,20,23);3-9,12-13,16,20,22H,10-11H2,1H3;2-8,11-12,15,20-21H,9-10H2;2-5,12H. The summed E-state index contributed by atoms with van der Waals surface area (Å²) < 4.78 is 11.2. The molecule has 11 aromatic carbocycles. The molecule has 11 N–H and O–H groups in total. The number of amides is 1. The Morgan fingerprint density at radius 2 is 0.714 bits per heavy atom. The van der Waals surface area contributed by atoms with Gasteiger partial charge >= 0.3 is 11.9 Å². The number of aliphatic hydroxyl groups is 1. The zero-order chi connectivity index (χ0) is 88.7. The van der Waals surface area contributed by atoms with Gasteiger partial charge in [0.05, 0.1) is 58.1 Å². The molecule has 17 rings (SSSR count). The number of aromatic amines is 6. The monoisotopic (exact) mass is 1730 g/mol. The van der Waals surface area contributed by atoms with Gasteiger partial charge in [-0.1, -0.05) is 234 Å². The number of ether oxygens (including phenoxy) is 2. The van der Waals surface area contributed by atoms with E-state index in [9.17, 15) is 19.5 Å². The smallest absolute Gasteiger partial charge is 0.331 e. The fourth-order valence-corrected chi connectivity index (χ4v) is 15.9. The zero-order valence-corrected chi connectivity index (χ0v) is 71.8.